The van der Waals surface area contributed by atoms with Gasteiger partial charge in [0.25, 0.3) is 5.91 Å². The SMILES string of the molecule is COc1ccc(C2CCCN2C(=O)c2ccc(S(=O)(=O)C(C)C)cc2)c(OC)c1. The standard InChI is InChI=1S/C22H27NO5S/c1-15(2)29(25,26)18-10-7-16(8-11-18)22(24)23-13-5-6-20(23)19-12-9-17(27-3)14-21(19)28-4/h7-12,14-15,20H,5-6,13H2,1-4H3. The molecular formula is C22H27NO5S. The first-order valence-electron chi connectivity index (χ1n) is 9.66. The van der Waals surface area contributed by atoms with Crippen LogP contribution in [0.15, 0.2) is 47.4 Å². The van der Waals surface area contributed by atoms with E-state index in [-0.39, 0.29) is 16.8 Å². The molecule has 3 rings (SSSR count). The molecule has 0 radical (unpaired) electrons. The number of nitrogens with zero attached hydrogens (tertiary/aromatic N) is 1. The topological polar surface area (TPSA) is 72.9 Å². The predicted molar refractivity (Wildman–Crippen MR) is 111 cm³/mol. The summed E-state index contributed by atoms with van der Waals surface area (Å²) in [7, 11) is -0.156. The minimum absolute atomic E-state index is 0.0950. The van der Waals surface area contributed by atoms with Crippen molar-refractivity contribution in [2.24, 2.45) is 0 Å². The third kappa shape index (κ3) is 4.10. The zero-order chi connectivity index (χ0) is 21.2. The molecule has 1 amide bonds. The normalized spacial score (nSPS) is 16.9. The molecule has 1 heterocycles. The van der Waals surface area contributed by atoms with E-state index in [0.29, 0.717) is 23.6 Å². The van der Waals surface area contributed by atoms with Crippen LogP contribution in [0.4, 0.5) is 0 Å². The Morgan fingerprint density at radius 1 is 1.07 bits per heavy atom. The number of methoxy groups -OCH3 is 2. The first-order chi connectivity index (χ1) is 13.8. The lowest BCUT2D eigenvalue weighted by molar-refractivity contribution is 0.0734. The number of amides is 1. The van der Waals surface area contributed by atoms with Crippen LogP contribution >= 0.6 is 0 Å². The summed E-state index contributed by atoms with van der Waals surface area (Å²) in [4.78, 5) is 15.2. The van der Waals surface area contributed by atoms with Crippen LogP contribution in [0, 0.1) is 0 Å². The number of likely N-dealkylation sites (tertiary alicyclic amines) is 1. The minimum atomic E-state index is -3.36. The van der Waals surface area contributed by atoms with Gasteiger partial charge in [-0.2, -0.15) is 0 Å². The molecule has 0 spiro atoms. The fourth-order valence-corrected chi connectivity index (χ4v) is 4.71. The van der Waals surface area contributed by atoms with Gasteiger partial charge >= 0.3 is 0 Å². The summed E-state index contributed by atoms with van der Waals surface area (Å²) < 4.78 is 35.4. The van der Waals surface area contributed by atoms with E-state index in [1.807, 2.05) is 23.1 Å². The Bertz CT molecular complexity index is 983. The number of carbonyl (C=O) groups is 1. The van der Waals surface area contributed by atoms with Crippen LogP contribution < -0.4 is 9.47 Å². The average Bonchev–Trinajstić information content (AvgIpc) is 3.22. The third-order valence-electron chi connectivity index (χ3n) is 5.36. The summed E-state index contributed by atoms with van der Waals surface area (Å²) in [5.41, 5.74) is 1.42. The van der Waals surface area contributed by atoms with E-state index >= 15 is 0 Å². The second kappa shape index (κ2) is 8.45. The molecule has 2 aromatic rings. The van der Waals surface area contributed by atoms with Crippen molar-refractivity contribution in [2.45, 2.75) is 42.9 Å². The fourth-order valence-electron chi connectivity index (χ4n) is 3.65. The summed E-state index contributed by atoms with van der Waals surface area (Å²) >= 11 is 0. The zero-order valence-electron chi connectivity index (χ0n) is 17.2. The van der Waals surface area contributed by atoms with Crippen LogP contribution in [0.2, 0.25) is 0 Å². The highest BCUT2D eigenvalue weighted by Gasteiger charge is 2.32. The highest BCUT2D eigenvalue weighted by Crippen LogP contribution is 2.39. The molecule has 6 nitrogen and oxygen atoms in total. The molecular weight excluding hydrogens is 390 g/mol. The molecule has 0 saturated carbocycles. The lowest BCUT2D eigenvalue weighted by Gasteiger charge is -2.26. The van der Waals surface area contributed by atoms with Crippen molar-refractivity contribution in [2.75, 3.05) is 20.8 Å². The molecule has 1 unspecified atom stereocenters. The van der Waals surface area contributed by atoms with Gasteiger partial charge in [-0.15, -0.1) is 0 Å². The highest BCUT2D eigenvalue weighted by molar-refractivity contribution is 7.92. The van der Waals surface area contributed by atoms with E-state index in [1.165, 1.54) is 12.1 Å². The molecule has 0 N–H and O–H groups in total. The maximum atomic E-state index is 13.2. The van der Waals surface area contributed by atoms with Crippen molar-refractivity contribution < 1.29 is 22.7 Å². The molecule has 29 heavy (non-hydrogen) atoms. The van der Waals surface area contributed by atoms with Crippen LogP contribution in [0.5, 0.6) is 11.5 Å². The molecule has 0 aliphatic carbocycles. The number of hydrogen-bond donors (Lipinski definition) is 0. The second-order valence-corrected chi connectivity index (χ2v) is 9.89. The van der Waals surface area contributed by atoms with Crippen molar-refractivity contribution in [1.29, 1.82) is 0 Å². The van der Waals surface area contributed by atoms with Gasteiger partial charge in [0.15, 0.2) is 9.84 Å². The molecule has 2 aromatic carbocycles. The first-order valence-corrected chi connectivity index (χ1v) is 11.2. The molecule has 1 aliphatic rings. The van der Waals surface area contributed by atoms with E-state index in [4.69, 9.17) is 9.47 Å². The molecule has 1 aliphatic heterocycles. The molecule has 1 fully saturated rings. The van der Waals surface area contributed by atoms with Gasteiger partial charge in [-0.05, 0) is 63.1 Å². The van der Waals surface area contributed by atoms with Crippen LogP contribution in [0.3, 0.4) is 0 Å². The van der Waals surface area contributed by atoms with Gasteiger partial charge < -0.3 is 14.4 Å². The Balaban J connectivity index is 1.88. The van der Waals surface area contributed by atoms with Crippen molar-refractivity contribution in [3.8, 4) is 11.5 Å². The van der Waals surface area contributed by atoms with Crippen LogP contribution in [0.25, 0.3) is 0 Å². The van der Waals surface area contributed by atoms with Gasteiger partial charge in [0.05, 0.1) is 30.4 Å². The summed E-state index contributed by atoms with van der Waals surface area (Å²) in [6.45, 7) is 3.93. The molecule has 1 atom stereocenters. The molecule has 156 valence electrons. The number of hydrogen-bond acceptors (Lipinski definition) is 5. The summed E-state index contributed by atoms with van der Waals surface area (Å²) in [6.07, 6.45) is 1.74. The summed E-state index contributed by atoms with van der Waals surface area (Å²) in [5, 5.41) is -0.505. The van der Waals surface area contributed by atoms with Gasteiger partial charge in [0.1, 0.15) is 11.5 Å². The van der Waals surface area contributed by atoms with E-state index < -0.39 is 15.1 Å². The number of ether oxygens (including phenoxy) is 2. The van der Waals surface area contributed by atoms with Gasteiger partial charge in [-0.1, -0.05) is 0 Å². The van der Waals surface area contributed by atoms with Crippen LogP contribution in [0.1, 0.15) is 48.7 Å². The van der Waals surface area contributed by atoms with Gasteiger partial charge in [0, 0.05) is 23.7 Å². The number of benzene rings is 2. The minimum Gasteiger partial charge on any atom is -0.497 e. The van der Waals surface area contributed by atoms with Crippen LogP contribution in [-0.4, -0.2) is 45.2 Å². The fraction of sp³-hybridized carbons (Fsp3) is 0.409. The van der Waals surface area contributed by atoms with E-state index in [0.717, 1.165) is 18.4 Å². The average molecular weight is 418 g/mol. The first kappa shape index (κ1) is 21.2. The number of carbonyl (C=O) groups excluding carboxylic acids is 1. The van der Waals surface area contributed by atoms with E-state index in [1.54, 1.807) is 40.2 Å². The molecule has 0 bridgehead atoms. The summed E-state index contributed by atoms with van der Waals surface area (Å²) in [5.74, 6) is 1.27. The number of sulfone groups is 1. The monoisotopic (exact) mass is 417 g/mol. The highest BCUT2D eigenvalue weighted by atomic mass is 32.2. The van der Waals surface area contributed by atoms with Gasteiger partial charge in [0.2, 0.25) is 0 Å². The maximum absolute atomic E-state index is 13.2. The van der Waals surface area contributed by atoms with Crippen molar-refractivity contribution in [3.63, 3.8) is 0 Å². The van der Waals surface area contributed by atoms with Gasteiger partial charge in [-0.3, -0.25) is 4.79 Å². The van der Waals surface area contributed by atoms with Crippen molar-refractivity contribution in [1.82, 2.24) is 4.90 Å². The Morgan fingerprint density at radius 3 is 2.34 bits per heavy atom. The van der Waals surface area contributed by atoms with Gasteiger partial charge in [-0.25, -0.2) is 8.42 Å². The van der Waals surface area contributed by atoms with E-state index in [9.17, 15) is 13.2 Å². The molecule has 0 aromatic heterocycles. The van der Waals surface area contributed by atoms with Crippen LogP contribution in [-0.2, 0) is 9.84 Å². The molecule has 1 saturated heterocycles. The Morgan fingerprint density at radius 2 is 1.76 bits per heavy atom. The summed E-state index contributed by atoms with van der Waals surface area (Å²) in [6, 6.07) is 11.8. The Labute approximate surface area is 172 Å². The zero-order valence-corrected chi connectivity index (χ0v) is 18.0. The maximum Gasteiger partial charge on any atom is 0.254 e. The lowest BCUT2D eigenvalue weighted by atomic mass is 10.0. The van der Waals surface area contributed by atoms with Crippen molar-refractivity contribution >= 4 is 15.7 Å². The van der Waals surface area contributed by atoms with Crippen molar-refractivity contribution in [3.05, 3.63) is 53.6 Å². The molecule has 7 heteroatoms. The number of rotatable bonds is 6. The second-order valence-electron chi connectivity index (χ2n) is 7.38. The third-order valence-corrected chi connectivity index (χ3v) is 7.53. The Kier molecular flexibility index (Phi) is 6.17. The smallest absolute Gasteiger partial charge is 0.254 e. The largest absolute Gasteiger partial charge is 0.497 e. The lowest BCUT2D eigenvalue weighted by Crippen LogP contribution is -2.30. The quantitative estimate of drug-likeness (QED) is 0.714. The van der Waals surface area contributed by atoms with E-state index in [2.05, 4.69) is 0 Å². The predicted octanol–water partition coefficient (Wildman–Crippen LogP) is 3.86. The Hall–Kier alpha value is -2.54.